The average Bonchev–Trinajstić information content (AvgIpc) is 3.25. The van der Waals surface area contributed by atoms with Crippen molar-refractivity contribution >= 4 is 23.6 Å². The molecule has 0 aromatic heterocycles. The Morgan fingerprint density at radius 2 is 0.869 bits per heavy atom. The van der Waals surface area contributed by atoms with Crippen LogP contribution < -0.4 is 27.0 Å². The monoisotopic (exact) mass is 855 g/mol. The second-order valence-corrected chi connectivity index (χ2v) is 13.9. The summed E-state index contributed by atoms with van der Waals surface area (Å²) in [5.74, 6) is -6.62. The van der Waals surface area contributed by atoms with Crippen LogP contribution in [0.5, 0.6) is 34.5 Å². The first-order valence-electron chi connectivity index (χ1n) is 20.5. The van der Waals surface area contributed by atoms with Crippen LogP contribution in [0.1, 0.15) is 101 Å². The zero-order chi connectivity index (χ0) is 44.9. The summed E-state index contributed by atoms with van der Waals surface area (Å²) in [6, 6.07) is 4.48. The van der Waals surface area contributed by atoms with Crippen molar-refractivity contribution < 1.29 is 64.0 Å². The molecule has 0 bridgehead atoms. The number of hydrogen-bond donors (Lipinski definition) is 11. The lowest BCUT2D eigenvalue weighted by atomic mass is 9.83. The molecule has 3 aromatic carbocycles. The molecule has 0 saturated carbocycles. The minimum atomic E-state index is -0.843. The summed E-state index contributed by atoms with van der Waals surface area (Å²) in [6.45, 7) is 9.47. The molecule has 0 heterocycles. The summed E-state index contributed by atoms with van der Waals surface area (Å²) in [5, 5.41) is 71.5. The topological polar surface area (TPSA) is 291 Å². The molecule has 3 aromatic rings. The Hall–Kier alpha value is -5.82. The smallest absolute Gasteiger partial charge is 0.255 e. The van der Waals surface area contributed by atoms with Crippen LogP contribution in [0.15, 0.2) is 24.3 Å². The van der Waals surface area contributed by atoms with Crippen LogP contribution in [-0.2, 0) is 62.7 Å². The maximum Gasteiger partial charge on any atom is 0.255 e. The van der Waals surface area contributed by atoms with Crippen molar-refractivity contribution in [1.29, 1.82) is 0 Å². The lowest BCUT2D eigenvalue weighted by Crippen LogP contribution is -2.31. The maximum absolute atomic E-state index is 13.3. The van der Waals surface area contributed by atoms with Gasteiger partial charge in [-0.05, 0) is 96.3 Å². The number of amides is 4. The second-order valence-electron chi connectivity index (χ2n) is 13.9. The molecule has 0 spiro atoms. The highest BCUT2D eigenvalue weighted by molar-refractivity contribution is 5.98. The molecule has 0 atom stereocenters. The fourth-order valence-electron chi connectivity index (χ4n) is 6.77. The Labute approximate surface area is 355 Å². The van der Waals surface area contributed by atoms with E-state index in [0.29, 0.717) is 89.5 Å². The normalized spacial score (nSPS) is 11.0. The zero-order valence-electron chi connectivity index (χ0n) is 35.2. The molecule has 0 saturated heterocycles. The van der Waals surface area contributed by atoms with Crippen LogP contribution in [-0.4, -0.2) is 107 Å². The lowest BCUT2D eigenvalue weighted by Gasteiger charge is -2.27. The molecular formula is C43H61N5O13. The summed E-state index contributed by atoms with van der Waals surface area (Å²) in [6.07, 6.45) is 2.65. The van der Waals surface area contributed by atoms with E-state index in [4.69, 9.17) is 19.9 Å². The molecule has 12 N–H and O–H groups in total. The highest BCUT2D eigenvalue weighted by Crippen LogP contribution is 2.38. The number of rotatable bonds is 27. The van der Waals surface area contributed by atoms with Crippen LogP contribution in [0.2, 0.25) is 0 Å². The van der Waals surface area contributed by atoms with Crippen LogP contribution in [0.4, 0.5) is 0 Å². The van der Waals surface area contributed by atoms with Gasteiger partial charge in [0.05, 0.1) is 37.6 Å². The van der Waals surface area contributed by atoms with Gasteiger partial charge in [0.25, 0.3) is 11.8 Å². The lowest BCUT2D eigenvalue weighted by molar-refractivity contribution is -0.126. The van der Waals surface area contributed by atoms with E-state index in [1.807, 2.05) is 20.8 Å². The van der Waals surface area contributed by atoms with Crippen molar-refractivity contribution in [3.63, 3.8) is 0 Å². The van der Waals surface area contributed by atoms with Crippen LogP contribution in [0.3, 0.4) is 0 Å². The third-order valence-corrected chi connectivity index (χ3v) is 9.91. The molecule has 0 fully saturated rings. The molecule has 18 nitrogen and oxygen atoms in total. The van der Waals surface area contributed by atoms with Crippen molar-refractivity contribution in [3.8, 4) is 34.5 Å². The Kier molecular flexibility index (Phi) is 20.9. The molecule has 0 aliphatic heterocycles. The van der Waals surface area contributed by atoms with Gasteiger partial charge in [0.15, 0.2) is 23.0 Å². The first kappa shape index (κ1) is 49.5. The van der Waals surface area contributed by atoms with Crippen LogP contribution in [0, 0.1) is 0 Å². The fraction of sp³-hybridized carbons (Fsp3) is 0.488. The fourth-order valence-corrected chi connectivity index (χ4v) is 6.77. The highest BCUT2D eigenvalue weighted by atomic mass is 16.5. The summed E-state index contributed by atoms with van der Waals surface area (Å²) < 4.78 is 16.3. The zero-order valence-corrected chi connectivity index (χ0v) is 35.2. The van der Waals surface area contributed by atoms with Gasteiger partial charge in [0, 0.05) is 52.2 Å². The van der Waals surface area contributed by atoms with Gasteiger partial charge in [-0.15, -0.1) is 0 Å². The van der Waals surface area contributed by atoms with Gasteiger partial charge < -0.3 is 71.9 Å². The molecule has 0 aliphatic carbocycles. The minimum Gasteiger partial charge on any atom is -0.504 e. The molecule has 336 valence electrons. The van der Waals surface area contributed by atoms with Gasteiger partial charge in [0.2, 0.25) is 23.3 Å². The minimum absolute atomic E-state index is 0.0438. The summed E-state index contributed by atoms with van der Waals surface area (Å²) >= 11 is 0. The Balaban J connectivity index is 1.72. The number of phenols is 6. The van der Waals surface area contributed by atoms with Crippen LogP contribution >= 0.6 is 0 Å². The van der Waals surface area contributed by atoms with E-state index < -0.39 is 46.3 Å². The first-order chi connectivity index (χ1) is 29.3. The number of nitrogens with two attached hydrogens (primary N) is 1. The number of ether oxygens (including phenoxy) is 3. The van der Waals surface area contributed by atoms with E-state index in [1.54, 1.807) is 0 Å². The van der Waals surface area contributed by atoms with Gasteiger partial charge in [-0.3, -0.25) is 19.2 Å². The van der Waals surface area contributed by atoms with Crippen molar-refractivity contribution in [1.82, 2.24) is 21.3 Å². The molecule has 4 amide bonds. The first-order valence-corrected chi connectivity index (χ1v) is 20.5. The van der Waals surface area contributed by atoms with Gasteiger partial charge in [-0.2, -0.15) is 0 Å². The van der Waals surface area contributed by atoms with E-state index >= 15 is 0 Å². The Morgan fingerprint density at radius 3 is 1.28 bits per heavy atom. The Morgan fingerprint density at radius 1 is 0.492 bits per heavy atom. The predicted molar refractivity (Wildman–Crippen MR) is 225 cm³/mol. The number of carbonyl (C=O) groups is 4. The van der Waals surface area contributed by atoms with Gasteiger partial charge >= 0.3 is 0 Å². The molecule has 0 aliphatic rings. The molecule has 61 heavy (non-hydrogen) atoms. The van der Waals surface area contributed by atoms with Gasteiger partial charge in [-0.1, -0.05) is 20.8 Å². The number of aromatic hydroxyl groups is 6. The van der Waals surface area contributed by atoms with Gasteiger partial charge in [0.1, 0.15) is 0 Å². The summed E-state index contributed by atoms with van der Waals surface area (Å²) in [4.78, 5) is 52.3. The quantitative estimate of drug-likeness (QED) is 0.0389. The molecule has 0 radical (unpaired) electrons. The number of benzene rings is 3. The highest BCUT2D eigenvalue weighted by Gasteiger charge is 2.25. The third kappa shape index (κ3) is 14.4. The second kappa shape index (κ2) is 25.7. The van der Waals surface area contributed by atoms with E-state index in [9.17, 15) is 49.8 Å². The van der Waals surface area contributed by atoms with E-state index in [2.05, 4.69) is 21.3 Å². The number of carbonyl (C=O) groups excluding carboxylic acids is 4. The third-order valence-electron chi connectivity index (χ3n) is 9.91. The number of hydrogen-bond acceptors (Lipinski definition) is 14. The van der Waals surface area contributed by atoms with E-state index in [0.717, 1.165) is 52.9 Å². The van der Waals surface area contributed by atoms with E-state index in [1.165, 1.54) is 0 Å². The largest absolute Gasteiger partial charge is 0.504 e. The van der Waals surface area contributed by atoms with Crippen molar-refractivity contribution in [2.45, 2.75) is 85.4 Å². The summed E-state index contributed by atoms with van der Waals surface area (Å²) in [5.41, 5.74) is 9.42. The van der Waals surface area contributed by atoms with Gasteiger partial charge in [-0.25, -0.2) is 0 Å². The number of nitrogens with one attached hydrogen (secondary N) is 4. The van der Waals surface area contributed by atoms with Crippen molar-refractivity contribution in [2.75, 3.05) is 52.7 Å². The number of phenolic OH excluding ortho intramolecular Hbond substituents is 6. The van der Waals surface area contributed by atoms with Crippen LogP contribution in [0.25, 0.3) is 0 Å². The molecule has 18 heteroatoms. The van der Waals surface area contributed by atoms with E-state index in [-0.39, 0.29) is 55.4 Å². The molecule has 3 rings (SSSR count). The Bertz CT molecular complexity index is 1850. The average molecular weight is 856 g/mol. The molecule has 0 unspecified atom stereocenters. The van der Waals surface area contributed by atoms with Crippen molar-refractivity contribution in [2.24, 2.45) is 5.73 Å². The molecular weight excluding hydrogens is 794 g/mol. The maximum atomic E-state index is 13.3. The summed E-state index contributed by atoms with van der Waals surface area (Å²) in [7, 11) is 0. The predicted octanol–water partition coefficient (Wildman–Crippen LogP) is 2.77. The SMILES string of the molecule is CCc1c(CNC(=O)CCC(=O)NCCCOCCOCCOCCCN)c(CC)c(CNC(=O)c2ccc(O)c(O)c2O)c(CC)c1CNC(=O)c1ccc(O)c(O)c1O. The van der Waals surface area contributed by atoms with Crippen molar-refractivity contribution in [3.05, 3.63) is 68.8 Å². The standard InChI is InChI=1S/C43H61N5O13/c1-4-26-31(23-46-37(52)14-13-36(51)45-16-8-18-60-20-22-61-21-19-59-17-7-15-44)27(5-2)33(25-48-43(58)30-10-12-35(50)41(56)39(30)54)28(6-3)32(26)24-47-42(57)29-9-11-34(49)40(55)38(29)53/h9-12,49-50,53-56H,4-8,13-25,44H2,1-3H3,(H,45,51)(H,46,52)(H,47,57)(H,48,58).